The van der Waals surface area contributed by atoms with Gasteiger partial charge in [-0.1, -0.05) is 96.9 Å². The van der Waals surface area contributed by atoms with Crippen LogP contribution in [0.2, 0.25) is 0 Å². The maximum absolute atomic E-state index is 13.1. The van der Waals surface area contributed by atoms with Gasteiger partial charge in [-0.25, -0.2) is 0 Å². The molecule has 0 saturated carbocycles. The molecule has 0 heterocycles. The quantitative estimate of drug-likeness (QED) is 0.209. The number of carbonyl (C=O) groups excluding carboxylic acids is 2. The molecule has 2 atom stereocenters. The molecule has 0 fully saturated rings. The lowest BCUT2D eigenvalue weighted by Crippen LogP contribution is -2.52. The molecule has 0 aromatic heterocycles. The van der Waals surface area contributed by atoms with Gasteiger partial charge in [-0.05, 0) is 34.5 Å². The number of amides is 2. The maximum atomic E-state index is 13.1. The molecule has 0 aromatic carbocycles. The van der Waals surface area contributed by atoms with E-state index in [0.717, 1.165) is 25.9 Å². The molecule has 0 aliphatic rings. The van der Waals surface area contributed by atoms with Gasteiger partial charge in [0, 0.05) is 52.4 Å². The first-order valence-corrected chi connectivity index (χ1v) is 15.2. The Kier molecular flexibility index (Phi) is 16.8. The summed E-state index contributed by atoms with van der Waals surface area (Å²) in [5, 5.41) is 6.26. The summed E-state index contributed by atoms with van der Waals surface area (Å²) in [7, 11) is 0. The van der Waals surface area contributed by atoms with Crippen LogP contribution in [0.15, 0.2) is 0 Å². The summed E-state index contributed by atoms with van der Waals surface area (Å²) in [4.78, 5) is 27.6. The molecule has 40 heavy (non-hydrogen) atoms. The van der Waals surface area contributed by atoms with Crippen LogP contribution in [0.4, 0.5) is 0 Å². The molecule has 0 saturated heterocycles. The van der Waals surface area contributed by atoms with E-state index in [9.17, 15) is 9.59 Å². The molecule has 0 spiro atoms. The second-order valence-corrected chi connectivity index (χ2v) is 16.3. The minimum absolute atomic E-state index is 0.0744. The minimum atomic E-state index is -0.421. The van der Waals surface area contributed by atoms with Crippen molar-refractivity contribution in [1.82, 2.24) is 15.5 Å². The zero-order valence-corrected chi connectivity index (χ0v) is 29.1. The first kappa shape index (κ1) is 40.9. The molecule has 0 aliphatic carbocycles. The van der Waals surface area contributed by atoms with Crippen LogP contribution >= 0.6 is 0 Å². The second kappa shape index (κ2) is 16.4. The lowest BCUT2D eigenvalue weighted by molar-refractivity contribution is -0.150. The van der Waals surface area contributed by atoms with Crippen LogP contribution in [0.1, 0.15) is 110 Å². The standard InChI is InChI=1S/2C16H35N3O/c1-14(2,3)12-16(7,15(4,5)6)13(20)19(10-8-17)11-9-18;1-14(2,3)12-16(7,15(4,5)6)13(20)19-11-10-18-9-8-17/h8-12,17-18H2,1-7H3;18H,8-12,17H2,1-7H3,(H,19,20). The van der Waals surface area contributed by atoms with Crippen molar-refractivity contribution in [2.45, 2.75) is 110 Å². The van der Waals surface area contributed by atoms with Gasteiger partial charge in [-0.3, -0.25) is 9.59 Å². The highest BCUT2D eigenvalue weighted by atomic mass is 16.2. The van der Waals surface area contributed by atoms with Gasteiger partial charge in [-0.2, -0.15) is 0 Å². The van der Waals surface area contributed by atoms with Crippen molar-refractivity contribution in [2.24, 2.45) is 49.7 Å². The predicted octanol–water partition coefficient (Wildman–Crippen LogP) is 4.36. The van der Waals surface area contributed by atoms with E-state index in [1.165, 1.54) is 0 Å². The molecule has 240 valence electrons. The monoisotopic (exact) mass is 571 g/mol. The Labute approximate surface area is 248 Å². The zero-order valence-electron chi connectivity index (χ0n) is 29.1. The van der Waals surface area contributed by atoms with E-state index in [-0.39, 0.29) is 38.9 Å². The summed E-state index contributed by atoms with van der Waals surface area (Å²) in [5.41, 5.74) is 15.9. The number of nitrogens with one attached hydrogen (secondary N) is 2. The zero-order chi connectivity index (χ0) is 32.2. The number of carbonyl (C=O) groups is 2. The van der Waals surface area contributed by atoms with Crippen LogP contribution in [0.3, 0.4) is 0 Å². The van der Waals surface area contributed by atoms with Crippen molar-refractivity contribution in [3.63, 3.8) is 0 Å². The van der Waals surface area contributed by atoms with E-state index < -0.39 is 5.41 Å². The van der Waals surface area contributed by atoms with Gasteiger partial charge in [0.1, 0.15) is 0 Å². The van der Waals surface area contributed by atoms with Gasteiger partial charge >= 0.3 is 0 Å². The van der Waals surface area contributed by atoms with Crippen molar-refractivity contribution in [3.05, 3.63) is 0 Å². The summed E-state index contributed by atoms with van der Waals surface area (Å²) in [5.74, 6) is 0.324. The average Bonchev–Trinajstić information content (AvgIpc) is 2.74. The first-order chi connectivity index (χ1) is 17.8. The van der Waals surface area contributed by atoms with Crippen LogP contribution in [0.25, 0.3) is 0 Å². The normalized spacial score (nSPS) is 15.8. The molecule has 0 rings (SSSR count). The molecule has 8 N–H and O–H groups in total. The van der Waals surface area contributed by atoms with Crippen molar-refractivity contribution in [1.29, 1.82) is 0 Å². The molecular weight excluding hydrogens is 500 g/mol. The predicted molar refractivity (Wildman–Crippen MR) is 173 cm³/mol. The third-order valence-electron chi connectivity index (χ3n) is 8.05. The molecule has 0 aliphatic heterocycles. The SMILES string of the molecule is CC(C)(C)CC(C)(C(=O)N(CCN)CCN)C(C)(C)C.CC(C)(C)CC(C)(C(=O)NCCNCCN)C(C)(C)C. The summed E-state index contributed by atoms with van der Waals surface area (Å²) in [6, 6.07) is 0. The van der Waals surface area contributed by atoms with E-state index in [1.807, 2.05) is 4.90 Å². The van der Waals surface area contributed by atoms with Crippen molar-refractivity contribution in [3.8, 4) is 0 Å². The van der Waals surface area contributed by atoms with Crippen LogP contribution in [0, 0.1) is 32.5 Å². The Morgan fingerprint density at radius 2 is 0.975 bits per heavy atom. The fraction of sp³-hybridized carbons (Fsp3) is 0.938. The van der Waals surface area contributed by atoms with Crippen LogP contribution in [-0.4, -0.2) is 69.1 Å². The molecule has 8 heteroatoms. The number of nitrogens with two attached hydrogens (primary N) is 3. The number of hydrogen-bond acceptors (Lipinski definition) is 6. The lowest BCUT2D eigenvalue weighted by atomic mass is 9.60. The van der Waals surface area contributed by atoms with Crippen molar-refractivity contribution in [2.75, 3.05) is 52.4 Å². The Morgan fingerprint density at radius 1 is 0.575 bits per heavy atom. The van der Waals surface area contributed by atoms with Gasteiger partial charge in [0.25, 0.3) is 0 Å². The molecular formula is C32H70N6O2. The van der Waals surface area contributed by atoms with Gasteiger partial charge < -0.3 is 32.7 Å². The topological polar surface area (TPSA) is 140 Å². The summed E-state index contributed by atoms with van der Waals surface area (Å²) in [6.07, 6.45) is 1.71. The summed E-state index contributed by atoms with van der Waals surface area (Å²) >= 11 is 0. The Balaban J connectivity index is 0. The van der Waals surface area contributed by atoms with Gasteiger partial charge in [0.05, 0.1) is 10.8 Å². The van der Waals surface area contributed by atoms with Gasteiger partial charge in [0.15, 0.2) is 0 Å². The van der Waals surface area contributed by atoms with Crippen LogP contribution < -0.4 is 27.8 Å². The maximum Gasteiger partial charge on any atom is 0.229 e. The number of hydrogen-bond donors (Lipinski definition) is 5. The summed E-state index contributed by atoms with van der Waals surface area (Å²) in [6.45, 7) is 35.0. The van der Waals surface area contributed by atoms with E-state index in [4.69, 9.17) is 17.2 Å². The largest absolute Gasteiger partial charge is 0.354 e. The van der Waals surface area contributed by atoms with Crippen LogP contribution in [0.5, 0.6) is 0 Å². The van der Waals surface area contributed by atoms with E-state index in [0.29, 0.717) is 39.3 Å². The number of nitrogens with zero attached hydrogens (tertiary/aromatic N) is 1. The molecule has 2 amide bonds. The van der Waals surface area contributed by atoms with Gasteiger partial charge in [0.2, 0.25) is 11.8 Å². The van der Waals surface area contributed by atoms with E-state index in [1.54, 1.807) is 0 Å². The smallest absolute Gasteiger partial charge is 0.229 e. The Bertz CT molecular complexity index is 736. The molecule has 0 aromatic rings. The third-order valence-corrected chi connectivity index (χ3v) is 8.05. The highest BCUT2D eigenvalue weighted by Crippen LogP contribution is 2.48. The second-order valence-electron chi connectivity index (χ2n) is 16.3. The third kappa shape index (κ3) is 14.1. The number of rotatable bonds is 13. The fourth-order valence-electron chi connectivity index (χ4n) is 5.13. The molecule has 0 radical (unpaired) electrons. The highest BCUT2D eigenvalue weighted by molar-refractivity contribution is 5.83. The minimum Gasteiger partial charge on any atom is -0.354 e. The van der Waals surface area contributed by atoms with E-state index >= 15 is 0 Å². The highest BCUT2D eigenvalue weighted by Gasteiger charge is 2.48. The average molecular weight is 571 g/mol. The van der Waals surface area contributed by atoms with Crippen molar-refractivity contribution >= 4 is 11.8 Å². The Morgan fingerprint density at radius 3 is 1.30 bits per heavy atom. The Hall–Kier alpha value is -1.22. The summed E-state index contributed by atoms with van der Waals surface area (Å²) < 4.78 is 0. The fourth-order valence-corrected chi connectivity index (χ4v) is 5.13. The molecule has 2 unspecified atom stereocenters. The molecule has 0 bridgehead atoms. The first-order valence-electron chi connectivity index (χ1n) is 15.2. The van der Waals surface area contributed by atoms with E-state index in [2.05, 4.69) is 108 Å². The lowest BCUT2D eigenvalue weighted by Gasteiger charge is -2.46. The van der Waals surface area contributed by atoms with Gasteiger partial charge in [-0.15, -0.1) is 0 Å². The van der Waals surface area contributed by atoms with Crippen LogP contribution in [-0.2, 0) is 9.59 Å². The van der Waals surface area contributed by atoms with Crippen molar-refractivity contribution < 1.29 is 9.59 Å². The molecule has 8 nitrogen and oxygen atoms in total.